The molecule has 1 rings (SSSR count). The number of hydrogen-bond donors (Lipinski definition) is 2. The molecule has 21 heavy (non-hydrogen) atoms. The predicted octanol–water partition coefficient (Wildman–Crippen LogP) is 3.14. The molecule has 0 aliphatic heterocycles. The SMILES string of the molecule is CCN(CCC#N)C(C)C(=O)Nc1c(Cl)cc(N)cc1Cl. The lowest BCUT2D eigenvalue weighted by Gasteiger charge is -2.26. The van der Waals surface area contributed by atoms with E-state index in [1.165, 1.54) is 12.1 Å². The Bertz CT molecular complexity index is 533. The van der Waals surface area contributed by atoms with Gasteiger partial charge in [-0.05, 0) is 25.6 Å². The van der Waals surface area contributed by atoms with Gasteiger partial charge in [0.25, 0.3) is 0 Å². The molecule has 0 spiro atoms. The van der Waals surface area contributed by atoms with Crippen LogP contribution in [0.25, 0.3) is 0 Å². The van der Waals surface area contributed by atoms with Crippen molar-refractivity contribution in [1.82, 2.24) is 4.90 Å². The summed E-state index contributed by atoms with van der Waals surface area (Å²) in [6.07, 6.45) is 0.370. The lowest BCUT2D eigenvalue weighted by atomic mass is 10.2. The first-order chi connectivity index (χ1) is 9.90. The number of hydrogen-bond acceptors (Lipinski definition) is 4. The standard InChI is InChI=1S/C14H18Cl2N4O/c1-3-20(6-4-5-17)9(2)14(21)19-13-11(15)7-10(18)8-12(13)16/h7-9H,3-4,6,18H2,1-2H3,(H,19,21). The maximum atomic E-state index is 12.3. The van der Waals surface area contributed by atoms with E-state index in [9.17, 15) is 4.79 Å². The van der Waals surface area contributed by atoms with E-state index in [4.69, 9.17) is 34.2 Å². The molecule has 0 bridgehead atoms. The summed E-state index contributed by atoms with van der Waals surface area (Å²) in [7, 11) is 0. The molecule has 114 valence electrons. The van der Waals surface area contributed by atoms with Gasteiger partial charge in [0.15, 0.2) is 0 Å². The molecule has 0 aliphatic carbocycles. The molecule has 5 nitrogen and oxygen atoms in total. The van der Waals surface area contributed by atoms with E-state index in [0.29, 0.717) is 40.9 Å². The fourth-order valence-electron chi connectivity index (χ4n) is 1.92. The number of nitriles is 1. The molecule has 0 saturated heterocycles. The summed E-state index contributed by atoms with van der Waals surface area (Å²) in [6.45, 7) is 4.91. The average molecular weight is 329 g/mol. The largest absolute Gasteiger partial charge is 0.399 e. The molecule has 0 fully saturated rings. The second kappa shape index (κ2) is 8.08. The van der Waals surface area contributed by atoms with Gasteiger partial charge in [-0.15, -0.1) is 0 Å². The summed E-state index contributed by atoms with van der Waals surface area (Å²) < 4.78 is 0. The van der Waals surface area contributed by atoms with Crippen LogP contribution in [-0.4, -0.2) is 29.9 Å². The van der Waals surface area contributed by atoms with Crippen molar-refractivity contribution < 1.29 is 4.79 Å². The van der Waals surface area contributed by atoms with E-state index in [2.05, 4.69) is 11.4 Å². The fraction of sp³-hybridized carbons (Fsp3) is 0.429. The minimum absolute atomic E-state index is 0.233. The van der Waals surface area contributed by atoms with E-state index in [0.717, 1.165) is 0 Å². The van der Waals surface area contributed by atoms with Crippen LogP contribution in [0.2, 0.25) is 10.0 Å². The Hall–Kier alpha value is -1.48. The number of nitrogens with zero attached hydrogens (tertiary/aromatic N) is 2. The molecule has 3 N–H and O–H groups in total. The molecule has 0 saturated carbocycles. The molecule has 1 aromatic rings. The molecule has 1 unspecified atom stereocenters. The molecule has 0 radical (unpaired) electrons. The summed E-state index contributed by atoms with van der Waals surface area (Å²) in [5, 5.41) is 11.9. The van der Waals surface area contributed by atoms with Crippen molar-refractivity contribution in [2.45, 2.75) is 26.3 Å². The Morgan fingerprint density at radius 3 is 2.52 bits per heavy atom. The minimum Gasteiger partial charge on any atom is -0.399 e. The number of carbonyl (C=O) groups excluding carboxylic acids is 1. The lowest BCUT2D eigenvalue weighted by molar-refractivity contribution is -0.120. The van der Waals surface area contributed by atoms with Crippen molar-refractivity contribution in [3.05, 3.63) is 22.2 Å². The number of likely N-dealkylation sites (N-methyl/N-ethyl adjacent to an activating group) is 1. The molecular formula is C14H18Cl2N4O. The normalized spacial score (nSPS) is 12.0. The van der Waals surface area contributed by atoms with Gasteiger partial charge in [-0.25, -0.2) is 0 Å². The summed E-state index contributed by atoms with van der Waals surface area (Å²) in [5.74, 6) is -0.233. The summed E-state index contributed by atoms with van der Waals surface area (Å²) in [4.78, 5) is 14.2. The third-order valence-electron chi connectivity index (χ3n) is 3.16. The molecule has 1 aromatic carbocycles. The fourth-order valence-corrected chi connectivity index (χ4v) is 2.52. The molecule has 1 amide bonds. The van der Waals surface area contributed by atoms with Crippen molar-refractivity contribution in [3.8, 4) is 6.07 Å². The smallest absolute Gasteiger partial charge is 0.241 e. The van der Waals surface area contributed by atoms with Gasteiger partial charge in [0.05, 0.1) is 27.8 Å². The van der Waals surface area contributed by atoms with Gasteiger partial charge < -0.3 is 11.1 Å². The predicted molar refractivity (Wildman–Crippen MR) is 86.4 cm³/mol. The van der Waals surface area contributed by atoms with Crippen LogP contribution in [0.4, 0.5) is 11.4 Å². The first-order valence-electron chi connectivity index (χ1n) is 6.57. The number of nitrogens with one attached hydrogen (secondary N) is 1. The van der Waals surface area contributed by atoms with Gasteiger partial charge in [-0.1, -0.05) is 30.1 Å². The number of nitrogens with two attached hydrogens (primary N) is 1. The van der Waals surface area contributed by atoms with Crippen molar-refractivity contribution in [2.24, 2.45) is 0 Å². The lowest BCUT2D eigenvalue weighted by Crippen LogP contribution is -2.42. The monoisotopic (exact) mass is 328 g/mol. The summed E-state index contributed by atoms with van der Waals surface area (Å²) in [5.41, 5.74) is 6.40. The van der Waals surface area contributed by atoms with Gasteiger partial charge in [0, 0.05) is 18.7 Å². The van der Waals surface area contributed by atoms with Gasteiger partial charge in [0.1, 0.15) is 0 Å². The summed E-state index contributed by atoms with van der Waals surface area (Å²) in [6, 6.07) is 4.73. The number of amides is 1. The highest BCUT2D eigenvalue weighted by atomic mass is 35.5. The second-order valence-corrected chi connectivity index (χ2v) is 5.38. The van der Waals surface area contributed by atoms with Crippen LogP contribution in [0.15, 0.2) is 12.1 Å². The maximum Gasteiger partial charge on any atom is 0.241 e. The number of anilines is 2. The molecule has 1 atom stereocenters. The molecule has 0 heterocycles. The first-order valence-corrected chi connectivity index (χ1v) is 7.32. The Morgan fingerprint density at radius 1 is 1.48 bits per heavy atom. The number of carbonyl (C=O) groups is 1. The van der Waals surface area contributed by atoms with Gasteiger partial charge in [-0.2, -0.15) is 5.26 Å². The molecule has 0 aromatic heterocycles. The van der Waals surface area contributed by atoms with Crippen molar-refractivity contribution in [2.75, 3.05) is 24.1 Å². The maximum absolute atomic E-state index is 12.3. The van der Waals surface area contributed by atoms with Crippen LogP contribution in [-0.2, 0) is 4.79 Å². The van der Waals surface area contributed by atoms with Gasteiger partial charge in [0.2, 0.25) is 5.91 Å². The number of benzene rings is 1. The van der Waals surface area contributed by atoms with E-state index >= 15 is 0 Å². The second-order valence-electron chi connectivity index (χ2n) is 4.56. The highest BCUT2D eigenvalue weighted by Gasteiger charge is 2.21. The van der Waals surface area contributed by atoms with E-state index in [1.54, 1.807) is 6.92 Å². The average Bonchev–Trinajstić information content (AvgIpc) is 2.43. The minimum atomic E-state index is -0.395. The topological polar surface area (TPSA) is 82.2 Å². The van der Waals surface area contributed by atoms with E-state index in [-0.39, 0.29) is 5.91 Å². The van der Waals surface area contributed by atoms with E-state index < -0.39 is 6.04 Å². The van der Waals surface area contributed by atoms with Crippen molar-refractivity contribution in [1.29, 1.82) is 5.26 Å². The molecule has 7 heteroatoms. The highest BCUT2D eigenvalue weighted by Crippen LogP contribution is 2.33. The Kier molecular flexibility index (Phi) is 6.76. The Labute approximate surface area is 134 Å². The third kappa shape index (κ3) is 4.78. The molecular weight excluding hydrogens is 311 g/mol. The van der Waals surface area contributed by atoms with Crippen LogP contribution >= 0.6 is 23.2 Å². The first kappa shape index (κ1) is 17.6. The summed E-state index contributed by atoms with van der Waals surface area (Å²) >= 11 is 12.1. The van der Waals surface area contributed by atoms with Crippen LogP contribution in [0, 0.1) is 11.3 Å². The number of nitrogen functional groups attached to an aromatic ring is 1. The van der Waals surface area contributed by atoms with Crippen molar-refractivity contribution in [3.63, 3.8) is 0 Å². The number of rotatable bonds is 6. The number of halogens is 2. The zero-order chi connectivity index (χ0) is 16.0. The Balaban J connectivity index is 2.83. The van der Waals surface area contributed by atoms with Crippen molar-refractivity contribution >= 4 is 40.5 Å². The zero-order valence-electron chi connectivity index (χ0n) is 12.0. The van der Waals surface area contributed by atoms with Crippen LogP contribution < -0.4 is 11.1 Å². The quantitative estimate of drug-likeness (QED) is 0.786. The van der Waals surface area contributed by atoms with E-state index in [1.807, 2.05) is 11.8 Å². The highest BCUT2D eigenvalue weighted by molar-refractivity contribution is 6.40. The van der Waals surface area contributed by atoms with Crippen LogP contribution in [0.5, 0.6) is 0 Å². The van der Waals surface area contributed by atoms with Gasteiger partial charge >= 0.3 is 0 Å². The van der Waals surface area contributed by atoms with Crippen LogP contribution in [0.1, 0.15) is 20.3 Å². The molecule has 0 aliphatic rings. The third-order valence-corrected chi connectivity index (χ3v) is 3.75. The zero-order valence-corrected chi connectivity index (χ0v) is 13.5. The Morgan fingerprint density at radius 2 is 2.05 bits per heavy atom. The van der Waals surface area contributed by atoms with Crippen LogP contribution in [0.3, 0.4) is 0 Å². The van der Waals surface area contributed by atoms with Gasteiger partial charge in [-0.3, -0.25) is 9.69 Å².